The highest BCUT2D eigenvalue weighted by molar-refractivity contribution is 7.99. The zero-order valence-corrected chi connectivity index (χ0v) is 20.2. The Hall–Kier alpha value is -3.05. The third-order valence-electron chi connectivity index (χ3n) is 5.62. The number of carbonyl (C=O) groups is 1. The minimum atomic E-state index is -4.40. The molecule has 1 aromatic carbocycles. The molecule has 11 heteroatoms. The highest BCUT2D eigenvalue weighted by atomic mass is 32.2. The maximum Gasteiger partial charge on any atom is 0.416 e. The monoisotopic (exact) mass is 522 g/mol. The summed E-state index contributed by atoms with van der Waals surface area (Å²) in [6.45, 7) is 1.51. The van der Waals surface area contributed by atoms with Gasteiger partial charge in [-0.2, -0.15) is 13.2 Å². The number of aromatic nitrogens is 1. The molecular weight excluding hydrogens is 497 g/mol. The molecule has 0 saturated carbocycles. The van der Waals surface area contributed by atoms with E-state index in [9.17, 15) is 22.8 Å². The van der Waals surface area contributed by atoms with Gasteiger partial charge >= 0.3 is 6.18 Å². The Bertz CT molecular complexity index is 1260. The average Bonchev–Trinajstić information content (AvgIpc) is 2.85. The van der Waals surface area contributed by atoms with E-state index in [4.69, 9.17) is 13.9 Å². The SMILES string of the molecule is O=C1COCCN1Cc1cc(=O)c(OCCCCCSc2ccnc3cc(C(F)(F)F)ccc23)co1. The van der Waals surface area contributed by atoms with E-state index in [0.717, 1.165) is 42.0 Å². The Morgan fingerprint density at radius 2 is 1.97 bits per heavy atom. The molecule has 2 aromatic heterocycles. The van der Waals surface area contributed by atoms with E-state index in [-0.39, 0.29) is 30.2 Å². The maximum absolute atomic E-state index is 12.9. The first-order valence-electron chi connectivity index (χ1n) is 11.5. The summed E-state index contributed by atoms with van der Waals surface area (Å²) in [6, 6.07) is 6.77. The predicted molar refractivity (Wildman–Crippen MR) is 128 cm³/mol. The van der Waals surface area contributed by atoms with E-state index in [1.165, 1.54) is 24.6 Å². The van der Waals surface area contributed by atoms with Gasteiger partial charge in [0.05, 0.1) is 30.8 Å². The van der Waals surface area contributed by atoms with Crippen molar-refractivity contribution in [3.05, 3.63) is 64.3 Å². The van der Waals surface area contributed by atoms with Crippen molar-refractivity contribution in [1.82, 2.24) is 9.88 Å². The molecule has 0 N–H and O–H groups in total. The molecule has 0 aliphatic carbocycles. The zero-order valence-electron chi connectivity index (χ0n) is 19.4. The highest BCUT2D eigenvalue weighted by Gasteiger charge is 2.30. The Balaban J connectivity index is 1.19. The first-order chi connectivity index (χ1) is 17.3. The highest BCUT2D eigenvalue weighted by Crippen LogP contribution is 2.34. The summed E-state index contributed by atoms with van der Waals surface area (Å²) in [5, 5.41) is 0.701. The van der Waals surface area contributed by atoms with Crippen molar-refractivity contribution in [1.29, 1.82) is 0 Å². The van der Waals surface area contributed by atoms with Crippen LogP contribution >= 0.6 is 11.8 Å². The average molecular weight is 523 g/mol. The smallest absolute Gasteiger partial charge is 0.416 e. The van der Waals surface area contributed by atoms with Gasteiger partial charge in [0, 0.05) is 29.1 Å². The Kier molecular flexibility index (Phi) is 8.52. The van der Waals surface area contributed by atoms with Crippen LogP contribution < -0.4 is 10.2 Å². The third kappa shape index (κ3) is 6.79. The maximum atomic E-state index is 12.9. The number of ether oxygens (including phenoxy) is 2. The molecule has 0 spiro atoms. The van der Waals surface area contributed by atoms with Gasteiger partial charge in [-0.15, -0.1) is 11.8 Å². The normalized spacial score (nSPS) is 14.4. The molecule has 192 valence electrons. The van der Waals surface area contributed by atoms with Crippen LogP contribution in [0.25, 0.3) is 10.9 Å². The summed E-state index contributed by atoms with van der Waals surface area (Å²) in [5.41, 5.74) is -0.684. The van der Waals surface area contributed by atoms with E-state index in [0.29, 0.717) is 36.4 Å². The van der Waals surface area contributed by atoms with Crippen molar-refractivity contribution in [3.63, 3.8) is 0 Å². The van der Waals surface area contributed by atoms with Crippen LogP contribution in [0.4, 0.5) is 13.2 Å². The molecule has 3 heterocycles. The van der Waals surface area contributed by atoms with Gasteiger partial charge in [0.2, 0.25) is 17.1 Å². The van der Waals surface area contributed by atoms with Crippen molar-refractivity contribution < 1.29 is 31.9 Å². The molecule has 1 fully saturated rings. The molecule has 1 saturated heterocycles. The fourth-order valence-corrected chi connectivity index (χ4v) is 4.76. The summed E-state index contributed by atoms with van der Waals surface area (Å²) >= 11 is 1.57. The standard InChI is InChI=1S/C25H25F3N2O5S/c26-25(27,28)17-4-5-19-20(12-17)29-7-6-23(19)36-11-3-1-2-9-34-22-15-35-18(13-21(22)31)14-30-8-10-33-16-24(30)32/h4-7,12-13,15H,1-3,8-11,14,16H2. The van der Waals surface area contributed by atoms with Gasteiger partial charge in [-0.1, -0.05) is 6.07 Å². The number of morpholine rings is 1. The lowest BCUT2D eigenvalue weighted by Gasteiger charge is -2.26. The van der Waals surface area contributed by atoms with E-state index in [1.54, 1.807) is 22.7 Å². The number of benzene rings is 1. The van der Waals surface area contributed by atoms with Crippen LogP contribution in [0.15, 0.2) is 56.9 Å². The van der Waals surface area contributed by atoms with Crippen molar-refractivity contribution in [2.24, 2.45) is 0 Å². The molecule has 1 amide bonds. The Labute approximate surface area is 209 Å². The quantitative estimate of drug-likeness (QED) is 0.277. The van der Waals surface area contributed by atoms with Gasteiger partial charge in [0.25, 0.3) is 0 Å². The second-order valence-electron chi connectivity index (χ2n) is 8.24. The number of thioether (sulfide) groups is 1. The number of nitrogens with zero attached hydrogens (tertiary/aromatic N) is 2. The number of unbranched alkanes of at least 4 members (excludes halogenated alkanes) is 2. The van der Waals surface area contributed by atoms with Crippen molar-refractivity contribution in [2.45, 2.75) is 36.9 Å². The van der Waals surface area contributed by atoms with Crippen molar-refractivity contribution in [2.75, 3.05) is 32.1 Å². The van der Waals surface area contributed by atoms with Crippen LogP contribution in [0.2, 0.25) is 0 Å². The molecule has 0 unspecified atom stereocenters. The number of pyridine rings is 1. The van der Waals surface area contributed by atoms with Gasteiger partial charge in [0.1, 0.15) is 18.6 Å². The lowest BCUT2D eigenvalue weighted by molar-refractivity contribution is -0.143. The molecule has 1 aliphatic rings. The molecule has 0 atom stereocenters. The van der Waals surface area contributed by atoms with Crippen molar-refractivity contribution >= 4 is 28.6 Å². The fourth-order valence-electron chi connectivity index (χ4n) is 3.70. The van der Waals surface area contributed by atoms with Crippen LogP contribution in [-0.4, -0.2) is 47.9 Å². The van der Waals surface area contributed by atoms with Crippen LogP contribution in [0.1, 0.15) is 30.6 Å². The van der Waals surface area contributed by atoms with Crippen LogP contribution in [0.3, 0.4) is 0 Å². The van der Waals surface area contributed by atoms with E-state index < -0.39 is 11.7 Å². The summed E-state index contributed by atoms with van der Waals surface area (Å²) in [5.74, 6) is 1.16. The Morgan fingerprint density at radius 1 is 1.11 bits per heavy atom. The molecule has 7 nitrogen and oxygen atoms in total. The van der Waals surface area contributed by atoms with Gasteiger partial charge < -0.3 is 18.8 Å². The first-order valence-corrected chi connectivity index (χ1v) is 12.5. The van der Waals surface area contributed by atoms with Gasteiger partial charge in [0.15, 0.2) is 0 Å². The summed E-state index contributed by atoms with van der Waals surface area (Å²) in [7, 11) is 0. The number of fused-ring (bicyclic) bond motifs is 1. The first kappa shape index (κ1) is 26.0. The zero-order chi connectivity index (χ0) is 25.5. The number of amides is 1. The molecular formula is C25H25F3N2O5S. The van der Waals surface area contributed by atoms with E-state index in [2.05, 4.69) is 4.98 Å². The summed E-state index contributed by atoms with van der Waals surface area (Å²) in [4.78, 5) is 30.6. The molecule has 0 radical (unpaired) electrons. The predicted octanol–water partition coefficient (Wildman–Crippen LogP) is 4.91. The topological polar surface area (TPSA) is 81.9 Å². The third-order valence-corrected chi connectivity index (χ3v) is 6.78. The number of hydrogen-bond acceptors (Lipinski definition) is 7. The van der Waals surface area contributed by atoms with E-state index >= 15 is 0 Å². The van der Waals surface area contributed by atoms with Crippen LogP contribution in [0.5, 0.6) is 5.75 Å². The number of carbonyl (C=O) groups excluding carboxylic acids is 1. The van der Waals surface area contributed by atoms with Gasteiger partial charge in [-0.25, -0.2) is 0 Å². The number of hydrogen-bond donors (Lipinski definition) is 0. The van der Waals surface area contributed by atoms with Crippen LogP contribution in [-0.2, 0) is 22.3 Å². The van der Waals surface area contributed by atoms with E-state index in [1.807, 2.05) is 0 Å². The lowest BCUT2D eigenvalue weighted by atomic mass is 10.1. The van der Waals surface area contributed by atoms with Crippen molar-refractivity contribution in [3.8, 4) is 5.75 Å². The number of halogens is 3. The molecule has 3 aromatic rings. The van der Waals surface area contributed by atoms with Gasteiger partial charge in [-0.3, -0.25) is 14.6 Å². The minimum Gasteiger partial charge on any atom is -0.487 e. The molecule has 4 rings (SSSR count). The summed E-state index contributed by atoms with van der Waals surface area (Å²) < 4.78 is 54.9. The second kappa shape index (κ2) is 11.8. The second-order valence-corrected chi connectivity index (χ2v) is 9.38. The summed E-state index contributed by atoms with van der Waals surface area (Å²) in [6.07, 6.45) is 0.866. The lowest BCUT2D eigenvalue weighted by Crippen LogP contribution is -2.41. The Morgan fingerprint density at radius 3 is 2.75 bits per heavy atom. The molecule has 1 aliphatic heterocycles. The van der Waals surface area contributed by atoms with Gasteiger partial charge in [-0.05, 0) is 43.2 Å². The largest absolute Gasteiger partial charge is 0.487 e. The number of alkyl halides is 3. The molecule has 36 heavy (non-hydrogen) atoms. The fraction of sp³-hybridized carbons (Fsp3) is 0.400. The number of rotatable bonds is 10. The molecule has 0 bridgehead atoms. The minimum absolute atomic E-state index is 0.0336. The van der Waals surface area contributed by atoms with Crippen LogP contribution in [0, 0.1) is 0 Å².